The largest absolute Gasteiger partial charge is 0.383 e. The number of carbonyl (C=O) groups is 2. The van der Waals surface area contributed by atoms with Crippen LogP contribution in [-0.2, 0) is 20.7 Å². The lowest BCUT2D eigenvalue weighted by Crippen LogP contribution is -2.56. The molecule has 2 atom stereocenters. The third-order valence-corrected chi connectivity index (χ3v) is 6.06. The van der Waals surface area contributed by atoms with Crippen molar-refractivity contribution < 1.29 is 14.3 Å². The van der Waals surface area contributed by atoms with Crippen LogP contribution in [0.5, 0.6) is 0 Å². The molecule has 0 unspecified atom stereocenters. The topological polar surface area (TPSA) is 58.6 Å². The van der Waals surface area contributed by atoms with E-state index >= 15 is 0 Å². The van der Waals surface area contributed by atoms with Gasteiger partial charge in [0, 0.05) is 43.1 Å². The summed E-state index contributed by atoms with van der Waals surface area (Å²) >= 11 is 5.99. The van der Waals surface area contributed by atoms with Gasteiger partial charge in [0.25, 0.3) is 0 Å². The van der Waals surface area contributed by atoms with Crippen LogP contribution in [0.1, 0.15) is 37.7 Å². The van der Waals surface area contributed by atoms with E-state index in [0.717, 1.165) is 31.2 Å². The molecule has 26 heavy (non-hydrogen) atoms. The third-order valence-electron chi connectivity index (χ3n) is 5.82. The first kappa shape index (κ1) is 19.2. The quantitative estimate of drug-likeness (QED) is 0.793. The van der Waals surface area contributed by atoms with Gasteiger partial charge in [-0.15, -0.1) is 0 Å². The van der Waals surface area contributed by atoms with Gasteiger partial charge < -0.3 is 15.0 Å². The normalized spacial score (nSPS) is 25.2. The van der Waals surface area contributed by atoms with Crippen LogP contribution in [0.4, 0.5) is 0 Å². The summed E-state index contributed by atoms with van der Waals surface area (Å²) in [5.41, 5.74) is 0.919. The Hall–Kier alpha value is -1.59. The first-order chi connectivity index (χ1) is 12.5. The highest BCUT2D eigenvalue weighted by Crippen LogP contribution is 2.47. The number of nitrogens with one attached hydrogen (secondary N) is 1. The van der Waals surface area contributed by atoms with Crippen molar-refractivity contribution in [1.29, 1.82) is 0 Å². The molecule has 3 rings (SSSR count). The van der Waals surface area contributed by atoms with E-state index in [1.54, 1.807) is 13.2 Å². The van der Waals surface area contributed by atoms with Gasteiger partial charge in [-0.05, 0) is 37.0 Å². The average Bonchev–Trinajstić information content (AvgIpc) is 3.04. The summed E-state index contributed by atoms with van der Waals surface area (Å²) in [5.74, 6) is 0.225. The van der Waals surface area contributed by atoms with E-state index in [4.69, 9.17) is 16.3 Å². The summed E-state index contributed by atoms with van der Waals surface area (Å²) in [6.45, 7) is 1.82. The molecule has 5 nitrogen and oxygen atoms in total. The van der Waals surface area contributed by atoms with Crippen molar-refractivity contribution >= 4 is 23.4 Å². The summed E-state index contributed by atoms with van der Waals surface area (Å²) in [5, 5.41) is 3.77. The number of piperidine rings is 1. The fraction of sp³-hybridized carbons (Fsp3) is 0.600. The molecule has 1 N–H and O–H groups in total. The number of fused-ring (bicyclic) bond motifs is 1. The summed E-state index contributed by atoms with van der Waals surface area (Å²) in [7, 11) is 1.66. The molecular weight excluding hydrogens is 352 g/mol. The smallest absolute Gasteiger partial charge is 0.224 e. The Bertz CT molecular complexity index is 666. The van der Waals surface area contributed by atoms with Crippen molar-refractivity contribution in [2.75, 3.05) is 26.8 Å². The minimum absolute atomic E-state index is 0.00560. The van der Waals surface area contributed by atoms with Gasteiger partial charge in [0.15, 0.2) is 0 Å². The molecule has 1 heterocycles. The summed E-state index contributed by atoms with van der Waals surface area (Å²) < 4.78 is 5.17. The van der Waals surface area contributed by atoms with Crippen LogP contribution in [0.15, 0.2) is 24.3 Å². The van der Waals surface area contributed by atoms with E-state index in [-0.39, 0.29) is 23.3 Å². The molecule has 6 heteroatoms. The van der Waals surface area contributed by atoms with E-state index < -0.39 is 0 Å². The zero-order valence-corrected chi connectivity index (χ0v) is 16.1. The highest BCUT2D eigenvalue weighted by Gasteiger charge is 2.50. The lowest BCUT2D eigenvalue weighted by molar-refractivity contribution is -0.142. The van der Waals surface area contributed by atoms with Crippen LogP contribution >= 0.6 is 11.6 Å². The van der Waals surface area contributed by atoms with Crippen LogP contribution < -0.4 is 5.32 Å². The number of hydrogen-bond acceptors (Lipinski definition) is 3. The summed E-state index contributed by atoms with van der Waals surface area (Å²) in [6, 6.07) is 7.61. The van der Waals surface area contributed by atoms with Crippen LogP contribution in [0.25, 0.3) is 0 Å². The number of rotatable bonds is 7. The van der Waals surface area contributed by atoms with Gasteiger partial charge in [-0.3, -0.25) is 9.59 Å². The Morgan fingerprint density at radius 2 is 2.27 bits per heavy atom. The van der Waals surface area contributed by atoms with Crippen LogP contribution in [0, 0.1) is 5.41 Å². The molecule has 1 saturated heterocycles. The van der Waals surface area contributed by atoms with Gasteiger partial charge in [0.1, 0.15) is 0 Å². The number of hydrogen-bond donors (Lipinski definition) is 1. The van der Waals surface area contributed by atoms with Gasteiger partial charge >= 0.3 is 0 Å². The lowest BCUT2D eigenvalue weighted by atomic mass is 9.74. The van der Waals surface area contributed by atoms with E-state index in [9.17, 15) is 9.59 Å². The Labute approximate surface area is 160 Å². The number of ether oxygens (including phenoxy) is 1. The number of amides is 2. The second-order valence-electron chi connectivity index (χ2n) is 7.43. The number of halogens is 1. The van der Waals surface area contributed by atoms with Crippen LogP contribution in [0.2, 0.25) is 5.02 Å². The van der Waals surface area contributed by atoms with E-state index in [1.807, 2.05) is 23.1 Å². The van der Waals surface area contributed by atoms with Crippen molar-refractivity contribution in [1.82, 2.24) is 10.2 Å². The average molecular weight is 379 g/mol. The maximum absolute atomic E-state index is 12.4. The summed E-state index contributed by atoms with van der Waals surface area (Å²) in [6.07, 6.45) is 4.92. The number of benzene rings is 1. The summed E-state index contributed by atoms with van der Waals surface area (Å²) in [4.78, 5) is 26.8. The second-order valence-corrected chi connectivity index (χ2v) is 7.87. The van der Waals surface area contributed by atoms with Crippen molar-refractivity contribution in [2.45, 2.75) is 44.6 Å². The minimum Gasteiger partial charge on any atom is -0.383 e. The molecular formula is C20H27ClN2O3. The monoisotopic (exact) mass is 378 g/mol. The first-order valence-electron chi connectivity index (χ1n) is 9.34. The van der Waals surface area contributed by atoms with Crippen LogP contribution in [0.3, 0.4) is 0 Å². The van der Waals surface area contributed by atoms with Gasteiger partial charge in [-0.25, -0.2) is 0 Å². The molecule has 1 aliphatic carbocycles. The standard InChI is InChI=1S/C20H27ClN2O3/c1-26-11-10-23-17-6-3-8-20(17,9-7-19(23)25)14-22-18(24)13-15-4-2-5-16(21)12-15/h2,4-5,12,17H,3,6-11,13-14H2,1H3,(H,22,24)/t17-,20+/m1/s1. The van der Waals surface area contributed by atoms with Crippen molar-refractivity contribution in [3.8, 4) is 0 Å². The van der Waals surface area contributed by atoms with Crippen LogP contribution in [-0.4, -0.2) is 49.6 Å². The molecule has 1 aromatic rings. The van der Waals surface area contributed by atoms with E-state index in [0.29, 0.717) is 37.6 Å². The highest BCUT2D eigenvalue weighted by atomic mass is 35.5. The molecule has 0 bridgehead atoms. The molecule has 142 valence electrons. The molecule has 0 radical (unpaired) electrons. The second kappa shape index (κ2) is 8.40. The molecule has 0 spiro atoms. The SMILES string of the molecule is COCCN1C(=O)CC[C@]2(CNC(=O)Cc3cccc(Cl)c3)CCC[C@@H]12. The Morgan fingerprint density at radius 1 is 1.42 bits per heavy atom. The molecule has 1 saturated carbocycles. The Morgan fingerprint density at radius 3 is 3.04 bits per heavy atom. The zero-order chi connectivity index (χ0) is 18.6. The molecule has 1 aliphatic heterocycles. The Kier molecular flexibility index (Phi) is 6.20. The molecule has 2 fully saturated rings. The van der Waals surface area contributed by atoms with Gasteiger partial charge in [0.2, 0.25) is 11.8 Å². The van der Waals surface area contributed by atoms with Gasteiger partial charge in [-0.2, -0.15) is 0 Å². The third kappa shape index (κ3) is 4.21. The lowest BCUT2D eigenvalue weighted by Gasteiger charge is -2.46. The minimum atomic E-state index is 0.00560. The number of carbonyl (C=O) groups excluding carboxylic acids is 2. The number of nitrogens with zero attached hydrogens (tertiary/aromatic N) is 1. The van der Waals surface area contributed by atoms with Gasteiger partial charge in [-0.1, -0.05) is 30.2 Å². The fourth-order valence-corrected chi connectivity index (χ4v) is 4.72. The highest BCUT2D eigenvalue weighted by molar-refractivity contribution is 6.30. The fourth-order valence-electron chi connectivity index (χ4n) is 4.51. The number of methoxy groups -OCH3 is 1. The Balaban J connectivity index is 1.62. The van der Waals surface area contributed by atoms with E-state index in [2.05, 4.69) is 5.32 Å². The number of likely N-dealkylation sites (tertiary alicyclic amines) is 1. The van der Waals surface area contributed by atoms with Gasteiger partial charge in [0.05, 0.1) is 13.0 Å². The maximum atomic E-state index is 12.4. The first-order valence-corrected chi connectivity index (χ1v) is 9.71. The molecule has 2 aliphatic rings. The van der Waals surface area contributed by atoms with E-state index in [1.165, 1.54) is 0 Å². The predicted octanol–water partition coefficient (Wildman–Crippen LogP) is 2.81. The van der Waals surface area contributed by atoms with Crippen molar-refractivity contribution in [2.24, 2.45) is 5.41 Å². The molecule has 0 aromatic heterocycles. The molecule has 2 amide bonds. The van der Waals surface area contributed by atoms with Crippen molar-refractivity contribution in [3.63, 3.8) is 0 Å². The molecule has 1 aromatic carbocycles. The maximum Gasteiger partial charge on any atom is 0.224 e. The van der Waals surface area contributed by atoms with Crippen molar-refractivity contribution in [3.05, 3.63) is 34.9 Å². The predicted molar refractivity (Wildman–Crippen MR) is 101 cm³/mol. The zero-order valence-electron chi connectivity index (χ0n) is 15.3.